The fourth-order valence-corrected chi connectivity index (χ4v) is 3.25. The SMILES string of the molecule is Cc1cc(SCC(=O)NCCc2ncc[nH]2)c(C)cc1Br. The molecule has 0 saturated heterocycles. The summed E-state index contributed by atoms with van der Waals surface area (Å²) in [4.78, 5) is 20.1. The molecule has 2 aromatic rings. The Morgan fingerprint density at radius 3 is 2.90 bits per heavy atom. The monoisotopic (exact) mass is 367 g/mol. The molecule has 6 heteroatoms. The summed E-state index contributed by atoms with van der Waals surface area (Å²) in [6.45, 7) is 4.71. The molecule has 1 heterocycles. The lowest BCUT2D eigenvalue weighted by Gasteiger charge is -2.09. The van der Waals surface area contributed by atoms with Gasteiger partial charge in [-0.15, -0.1) is 11.8 Å². The van der Waals surface area contributed by atoms with Crippen LogP contribution in [0.1, 0.15) is 17.0 Å². The summed E-state index contributed by atoms with van der Waals surface area (Å²) in [5.41, 5.74) is 2.36. The number of imidazole rings is 1. The van der Waals surface area contributed by atoms with Crippen LogP contribution >= 0.6 is 27.7 Å². The number of amides is 1. The molecular weight excluding hydrogens is 350 g/mol. The molecule has 0 spiro atoms. The quantitative estimate of drug-likeness (QED) is 0.770. The van der Waals surface area contributed by atoms with Gasteiger partial charge in [0.05, 0.1) is 5.75 Å². The van der Waals surface area contributed by atoms with E-state index in [1.807, 2.05) is 0 Å². The molecule has 1 amide bonds. The molecule has 0 aliphatic carbocycles. The zero-order valence-electron chi connectivity index (χ0n) is 12.1. The van der Waals surface area contributed by atoms with Crippen LogP contribution in [0.2, 0.25) is 0 Å². The van der Waals surface area contributed by atoms with Gasteiger partial charge in [0.1, 0.15) is 5.82 Å². The Labute approximate surface area is 137 Å². The van der Waals surface area contributed by atoms with Crippen molar-refractivity contribution >= 4 is 33.6 Å². The summed E-state index contributed by atoms with van der Waals surface area (Å²) in [5.74, 6) is 1.37. The molecule has 0 bridgehead atoms. The minimum Gasteiger partial charge on any atom is -0.355 e. The molecule has 0 atom stereocenters. The molecule has 1 aromatic heterocycles. The average Bonchev–Trinajstić information content (AvgIpc) is 2.94. The van der Waals surface area contributed by atoms with E-state index in [1.54, 1.807) is 24.2 Å². The van der Waals surface area contributed by atoms with Crippen LogP contribution in [0, 0.1) is 13.8 Å². The van der Waals surface area contributed by atoms with Gasteiger partial charge in [0.25, 0.3) is 0 Å². The first kappa shape index (κ1) is 16.1. The second-order valence-electron chi connectivity index (χ2n) is 4.79. The molecule has 0 unspecified atom stereocenters. The average molecular weight is 368 g/mol. The van der Waals surface area contributed by atoms with Crippen LogP contribution in [0.3, 0.4) is 0 Å². The highest BCUT2D eigenvalue weighted by molar-refractivity contribution is 9.10. The molecule has 4 nitrogen and oxygen atoms in total. The van der Waals surface area contributed by atoms with E-state index in [-0.39, 0.29) is 5.91 Å². The Hall–Kier alpha value is -1.27. The van der Waals surface area contributed by atoms with Crippen LogP contribution in [0.4, 0.5) is 0 Å². The zero-order valence-corrected chi connectivity index (χ0v) is 14.5. The number of carbonyl (C=O) groups excluding carboxylic acids is 1. The first-order chi connectivity index (χ1) is 10.1. The summed E-state index contributed by atoms with van der Waals surface area (Å²) in [6, 6.07) is 4.20. The summed E-state index contributed by atoms with van der Waals surface area (Å²) in [6.07, 6.45) is 4.22. The van der Waals surface area contributed by atoms with Crippen molar-refractivity contribution in [3.05, 3.63) is 46.0 Å². The number of hydrogen-bond donors (Lipinski definition) is 2. The maximum Gasteiger partial charge on any atom is 0.230 e. The third-order valence-electron chi connectivity index (χ3n) is 3.05. The van der Waals surface area contributed by atoms with Crippen LogP contribution in [0.15, 0.2) is 33.9 Å². The third kappa shape index (κ3) is 4.89. The molecule has 112 valence electrons. The van der Waals surface area contributed by atoms with Crippen molar-refractivity contribution in [2.75, 3.05) is 12.3 Å². The number of hydrogen-bond acceptors (Lipinski definition) is 3. The number of rotatable bonds is 6. The molecule has 1 aromatic carbocycles. The molecule has 0 fully saturated rings. The highest BCUT2D eigenvalue weighted by Gasteiger charge is 2.07. The van der Waals surface area contributed by atoms with Crippen LogP contribution < -0.4 is 5.32 Å². The molecule has 0 aliphatic heterocycles. The van der Waals surface area contributed by atoms with E-state index in [4.69, 9.17) is 0 Å². The fourth-order valence-electron chi connectivity index (χ4n) is 1.86. The number of H-pyrrole nitrogens is 1. The Bertz CT molecular complexity index is 614. The highest BCUT2D eigenvalue weighted by Crippen LogP contribution is 2.28. The van der Waals surface area contributed by atoms with E-state index in [1.165, 1.54) is 11.1 Å². The van der Waals surface area contributed by atoms with Crippen LogP contribution in [-0.2, 0) is 11.2 Å². The molecule has 2 N–H and O–H groups in total. The molecule has 0 saturated carbocycles. The number of aryl methyl sites for hydroxylation is 2. The second-order valence-corrected chi connectivity index (χ2v) is 6.66. The van der Waals surface area contributed by atoms with Crippen LogP contribution in [0.25, 0.3) is 0 Å². The zero-order chi connectivity index (χ0) is 15.2. The van der Waals surface area contributed by atoms with E-state index < -0.39 is 0 Å². The molecule has 21 heavy (non-hydrogen) atoms. The lowest BCUT2D eigenvalue weighted by molar-refractivity contribution is -0.118. The number of halogens is 1. The Morgan fingerprint density at radius 2 is 2.19 bits per heavy atom. The van der Waals surface area contributed by atoms with Gasteiger partial charge < -0.3 is 10.3 Å². The second kappa shape index (κ2) is 7.66. The standard InChI is InChI=1S/C15H18BrN3OS/c1-10-8-13(11(2)7-12(10)16)21-9-15(20)19-4-3-14-17-5-6-18-14/h5-8H,3-4,9H2,1-2H3,(H,17,18)(H,19,20). The van der Waals surface area contributed by atoms with Crippen molar-refractivity contribution in [3.8, 4) is 0 Å². The minimum absolute atomic E-state index is 0.0477. The molecule has 0 radical (unpaired) electrons. The third-order valence-corrected chi connectivity index (χ3v) is 5.07. The predicted octanol–water partition coefficient (Wildman–Crippen LogP) is 3.24. The van der Waals surface area contributed by atoms with Crippen LogP contribution in [-0.4, -0.2) is 28.2 Å². The van der Waals surface area contributed by atoms with Gasteiger partial charge in [0.2, 0.25) is 5.91 Å². The highest BCUT2D eigenvalue weighted by atomic mass is 79.9. The van der Waals surface area contributed by atoms with Gasteiger partial charge in [-0.25, -0.2) is 4.98 Å². The predicted molar refractivity (Wildman–Crippen MR) is 89.6 cm³/mol. The largest absolute Gasteiger partial charge is 0.355 e. The normalized spacial score (nSPS) is 10.6. The van der Waals surface area contributed by atoms with Crippen molar-refractivity contribution in [1.29, 1.82) is 0 Å². The molecule has 0 aliphatic rings. The molecular formula is C15H18BrN3OS. The fraction of sp³-hybridized carbons (Fsp3) is 0.333. The minimum atomic E-state index is 0.0477. The van der Waals surface area contributed by atoms with Gasteiger partial charge in [0, 0.05) is 34.7 Å². The smallest absolute Gasteiger partial charge is 0.230 e. The number of nitrogens with one attached hydrogen (secondary N) is 2. The maximum absolute atomic E-state index is 11.8. The van der Waals surface area contributed by atoms with Gasteiger partial charge in [-0.05, 0) is 37.1 Å². The lowest BCUT2D eigenvalue weighted by Crippen LogP contribution is -2.27. The Morgan fingerprint density at radius 1 is 1.38 bits per heavy atom. The van der Waals surface area contributed by atoms with Gasteiger partial charge in [-0.2, -0.15) is 0 Å². The summed E-state index contributed by atoms with van der Waals surface area (Å²) in [7, 11) is 0. The first-order valence-electron chi connectivity index (χ1n) is 6.71. The lowest BCUT2D eigenvalue weighted by atomic mass is 10.2. The van der Waals surface area contributed by atoms with Crippen molar-refractivity contribution < 1.29 is 4.79 Å². The number of nitrogens with zero attached hydrogens (tertiary/aromatic N) is 1. The van der Waals surface area contributed by atoms with Crippen molar-refractivity contribution in [1.82, 2.24) is 15.3 Å². The number of thioether (sulfide) groups is 1. The number of benzene rings is 1. The van der Waals surface area contributed by atoms with Gasteiger partial charge >= 0.3 is 0 Å². The van der Waals surface area contributed by atoms with Gasteiger partial charge in [-0.1, -0.05) is 15.9 Å². The van der Waals surface area contributed by atoms with Crippen molar-refractivity contribution in [3.63, 3.8) is 0 Å². The topological polar surface area (TPSA) is 57.8 Å². The number of aromatic amines is 1. The first-order valence-corrected chi connectivity index (χ1v) is 8.48. The van der Waals surface area contributed by atoms with E-state index in [0.29, 0.717) is 12.3 Å². The van der Waals surface area contributed by atoms with E-state index in [0.717, 1.165) is 21.6 Å². The van der Waals surface area contributed by atoms with Crippen molar-refractivity contribution in [2.24, 2.45) is 0 Å². The van der Waals surface area contributed by atoms with Crippen molar-refractivity contribution in [2.45, 2.75) is 25.2 Å². The van der Waals surface area contributed by atoms with E-state index >= 15 is 0 Å². The number of aromatic nitrogens is 2. The maximum atomic E-state index is 11.8. The summed E-state index contributed by atoms with van der Waals surface area (Å²) in [5, 5.41) is 2.91. The van der Waals surface area contributed by atoms with Crippen LogP contribution in [0.5, 0.6) is 0 Å². The molecule has 2 rings (SSSR count). The van der Waals surface area contributed by atoms with E-state index in [9.17, 15) is 4.79 Å². The number of carbonyl (C=O) groups is 1. The summed E-state index contributed by atoms with van der Waals surface area (Å²) < 4.78 is 1.10. The van der Waals surface area contributed by atoms with Gasteiger partial charge in [0.15, 0.2) is 0 Å². The van der Waals surface area contributed by atoms with Gasteiger partial charge in [-0.3, -0.25) is 4.79 Å². The Balaban J connectivity index is 1.77. The summed E-state index contributed by atoms with van der Waals surface area (Å²) >= 11 is 5.09. The van der Waals surface area contributed by atoms with E-state index in [2.05, 4.69) is 57.2 Å². The Kier molecular flexibility index (Phi) is 5.87.